The van der Waals surface area contributed by atoms with Crippen LogP contribution in [0.15, 0.2) is 18.2 Å². The van der Waals surface area contributed by atoms with Gasteiger partial charge in [-0.15, -0.1) is 11.6 Å². The van der Waals surface area contributed by atoms with Crippen LogP contribution in [0.1, 0.15) is 0 Å². The predicted molar refractivity (Wildman–Crippen MR) is 35.3 cm³/mol. The molecule has 0 unspecified atom stereocenters. The Hall–Kier alpha value is 0.865. The summed E-state index contributed by atoms with van der Waals surface area (Å²) in [4.78, 5) is 0. The van der Waals surface area contributed by atoms with Crippen LogP contribution in [0, 0.1) is 6.07 Å². The summed E-state index contributed by atoms with van der Waals surface area (Å²) in [5.41, 5.74) is 0. The monoisotopic (exact) mass is 249 g/mol. The van der Waals surface area contributed by atoms with Crippen LogP contribution in [-0.2, 0) is 34.7 Å². The van der Waals surface area contributed by atoms with Crippen LogP contribution >= 0.6 is 23.2 Å². The first kappa shape index (κ1) is 13.5. The van der Waals surface area contributed by atoms with E-state index in [0.717, 1.165) is 0 Å². The van der Waals surface area contributed by atoms with E-state index in [2.05, 4.69) is 6.07 Å². The van der Waals surface area contributed by atoms with Crippen molar-refractivity contribution in [2.75, 3.05) is 0 Å². The second-order valence-corrected chi connectivity index (χ2v) is 2.20. The van der Waals surface area contributed by atoms with Crippen molar-refractivity contribution in [3.63, 3.8) is 0 Å². The van der Waals surface area contributed by atoms with Crippen molar-refractivity contribution in [3.05, 3.63) is 34.3 Å². The van der Waals surface area contributed by atoms with Gasteiger partial charge in [0.2, 0.25) is 0 Å². The minimum Gasteiger partial charge on any atom is -0.167 e. The largest absolute Gasteiger partial charge is 0.167 e. The average molecular weight is 250 g/mol. The van der Waals surface area contributed by atoms with Gasteiger partial charge in [-0.05, 0) is 0 Å². The molecule has 0 saturated carbocycles. The summed E-state index contributed by atoms with van der Waals surface area (Å²) < 4.78 is 0. The molecule has 0 heterocycles. The van der Waals surface area contributed by atoms with Crippen LogP contribution in [0.4, 0.5) is 0 Å². The van der Waals surface area contributed by atoms with E-state index in [0.29, 0.717) is 10.0 Å². The minimum atomic E-state index is 0. The van der Waals surface area contributed by atoms with Gasteiger partial charge in [-0.2, -0.15) is 35.9 Å². The first-order chi connectivity index (χ1) is 3.79. The van der Waals surface area contributed by atoms with Crippen molar-refractivity contribution in [2.24, 2.45) is 0 Å². The van der Waals surface area contributed by atoms with Crippen molar-refractivity contribution < 1.29 is 34.7 Å². The van der Waals surface area contributed by atoms with E-state index in [-0.39, 0.29) is 34.7 Å². The van der Waals surface area contributed by atoms with Crippen LogP contribution in [0.5, 0.6) is 0 Å². The molecule has 0 aromatic heterocycles. The summed E-state index contributed by atoms with van der Waals surface area (Å²) in [6.07, 6.45) is 0. The van der Waals surface area contributed by atoms with Crippen LogP contribution in [0.25, 0.3) is 0 Å². The van der Waals surface area contributed by atoms with E-state index in [1.54, 1.807) is 18.2 Å². The predicted octanol–water partition coefficient (Wildman–Crippen LogP) is 2.79. The Labute approximate surface area is 91.8 Å². The van der Waals surface area contributed by atoms with Crippen LogP contribution in [0.3, 0.4) is 0 Å². The molecule has 0 atom stereocenters. The molecule has 0 aliphatic rings. The van der Waals surface area contributed by atoms with Crippen molar-refractivity contribution >= 4 is 23.2 Å². The van der Waals surface area contributed by atoms with E-state index < -0.39 is 0 Å². The van der Waals surface area contributed by atoms with Gasteiger partial charge in [0.1, 0.15) is 0 Å². The zero-order valence-corrected chi connectivity index (χ0v) is 8.87. The summed E-state index contributed by atoms with van der Waals surface area (Å²) in [5, 5.41) is 1.25. The fraction of sp³-hybridized carbons (Fsp3) is 0. The number of hydrogen-bond donors (Lipinski definition) is 0. The number of rotatable bonds is 0. The molecule has 4 heteroatoms. The first-order valence-electron chi connectivity index (χ1n) is 2.12. The second kappa shape index (κ2) is 6.57. The normalized spacial score (nSPS) is 7.40. The molecule has 0 spiro atoms. The average Bonchev–Trinajstić information content (AvgIpc) is 1.77. The molecule has 54 valence electrons. The zero-order valence-electron chi connectivity index (χ0n) is 4.80. The van der Waals surface area contributed by atoms with Crippen LogP contribution in [0.2, 0.25) is 10.0 Å². The standard InChI is InChI=1S/C6H3Cl2.2Cr/c7-5-1-2-6(8)4-3-5;;/h1-3H;;/q-1;;. The second-order valence-electron chi connectivity index (χ2n) is 1.35. The summed E-state index contributed by atoms with van der Waals surface area (Å²) in [7, 11) is 0. The molecule has 0 fully saturated rings. The molecule has 0 radical (unpaired) electrons. The van der Waals surface area contributed by atoms with E-state index >= 15 is 0 Å². The van der Waals surface area contributed by atoms with Crippen LogP contribution in [-0.4, -0.2) is 0 Å². The fourth-order valence-corrected chi connectivity index (χ4v) is 0.622. The smallest absolute Gasteiger partial charge is 0 e. The van der Waals surface area contributed by atoms with E-state index in [1.165, 1.54) is 0 Å². The molecule has 0 bridgehead atoms. The Morgan fingerprint density at radius 2 is 1.70 bits per heavy atom. The maximum Gasteiger partial charge on any atom is 0 e. The fourth-order valence-electron chi connectivity index (χ4n) is 0.387. The van der Waals surface area contributed by atoms with Gasteiger partial charge in [0, 0.05) is 34.7 Å². The van der Waals surface area contributed by atoms with Gasteiger partial charge in [0.25, 0.3) is 0 Å². The maximum absolute atomic E-state index is 5.52. The van der Waals surface area contributed by atoms with Gasteiger partial charge in [-0.1, -0.05) is 10.0 Å². The minimum absolute atomic E-state index is 0. The van der Waals surface area contributed by atoms with E-state index in [1.807, 2.05) is 0 Å². The molecule has 10 heavy (non-hydrogen) atoms. The van der Waals surface area contributed by atoms with Gasteiger partial charge >= 0.3 is 0 Å². The molecule has 0 saturated heterocycles. The van der Waals surface area contributed by atoms with Gasteiger partial charge in [-0.25, -0.2) is 0 Å². The van der Waals surface area contributed by atoms with Crippen molar-refractivity contribution in [1.29, 1.82) is 0 Å². The molecule has 0 aliphatic carbocycles. The van der Waals surface area contributed by atoms with Gasteiger partial charge in [-0.3, -0.25) is 0 Å². The molecule has 0 aliphatic heterocycles. The zero-order chi connectivity index (χ0) is 5.98. The molecule has 1 aromatic rings. The third kappa shape index (κ3) is 4.65. The third-order valence-corrected chi connectivity index (χ3v) is 1.21. The molecule has 1 rings (SSSR count). The van der Waals surface area contributed by atoms with Crippen LogP contribution < -0.4 is 0 Å². The molecule has 0 nitrogen and oxygen atoms in total. The topological polar surface area (TPSA) is 0 Å². The quantitative estimate of drug-likeness (QED) is 0.621. The number of halogens is 2. The Morgan fingerprint density at radius 3 is 2.00 bits per heavy atom. The Morgan fingerprint density at radius 1 is 1.10 bits per heavy atom. The Bertz CT molecular complexity index is 153. The summed E-state index contributed by atoms with van der Waals surface area (Å²) >= 11 is 11.0. The molecule has 1 aromatic carbocycles. The number of hydrogen-bond acceptors (Lipinski definition) is 0. The molecule has 0 N–H and O–H groups in total. The van der Waals surface area contributed by atoms with Gasteiger partial charge in [0.05, 0.1) is 0 Å². The summed E-state index contributed by atoms with van der Waals surface area (Å²) in [6, 6.07) is 7.78. The number of benzene rings is 1. The molecular weight excluding hydrogens is 247 g/mol. The van der Waals surface area contributed by atoms with Crippen molar-refractivity contribution in [3.8, 4) is 0 Å². The van der Waals surface area contributed by atoms with E-state index in [4.69, 9.17) is 23.2 Å². The van der Waals surface area contributed by atoms with Crippen molar-refractivity contribution in [2.45, 2.75) is 0 Å². The maximum atomic E-state index is 5.52. The Balaban J connectivity index is 0. The summed E-state index contributed by atoms with van der Waals surface area (Å²) in [6.45, 7) is 0. The van der Waals surface area contributed by atoms with Gasteiger partial charge in [0.15, 0.2) is 0 Å². The van der Waals surface area contributed by atoms with E-state index in [9.17, 15) is 0 Å². The third-order valence-electron chi connectivity index (χ3n) is 0.737. The SMILES string of the molecule is Clc1[c-]cc(Cl)cc1.[Cr].[Cr]. The first-order valence-corrected chi connectivity index (χ1v) is 2.87. The van der Waals surface area contributed by atoms with Gasteiger partial charge < -0.3 is 0 Å². The Kier molecular flexibility index (Phi) is 8.84. The molecule has 0 amide bonds. The molecular formula is C6H3Cl2Cr2-. The summed E-state index contributed by atoms with van der Waals surface area (Å²) in [5.74, 6) is 0. The van der Waals surface area contributed by atoms with Crippen molar-refractivity contribution in [1.82, 2.24) is 0 Å².